The lowest BCUT2D eigenvalue weighted by Gasteiger charge is -2.34. The van der Waals surface area contributed by atoms with Gasteiger partial charge >= 0.3 is 0 Å². The van der Waals surface area contributed by atoms with Crippen molar-refractivity contribution in [1.82, 2.24) is 9.88 Å². The minimum atomic E-state index is -0.122. The zero-order chi connectivity index (χ0) is 29.2. The number of furan rings is 1. The van der Waals surface area contributed by atoms with Crippen molar-refractivity contribution in [2.24, 2.45) is 0 Å². The van der Waals surface area contributed by atoms with Gasteiger partial charge in [0, 0.05) is 36.2 Å². The van der Waals surface area contributed by atoms with Gasteiger partial charge in [-0.05, 0) is 48.9 Å². The average molecular weight is 566 g/mol. The van der Waals surface area contributed by atoms with Crippen LogP contribution in [0.25, 0.3) is 33.6 Å². The zero-order valence-corrected chi connectivity index (χ0v) is 23.6. The van der Waals surface area contributed by atoms with Crippen molar-refractivity contribution in [3.8, 4) is 40.0 Å². The van der Waals surface area contributed by atoms with Crippen LogP contribution in [0, 0.1) is 11.3 Å². The first kappa shape index (κ1) is 27.4. The average Bonchev–Trinajstić information content (AvgIpc) is 3.47. The van der Waals surface area contributed by atoms with Crippen LogP contribution < -0.4 is 9.47 Å². The van der Waals surface area contributed by atoms with Crippen LogP contribution in [-0.4, -0.2) is 61.4 Å². The van der Waals surface area contributed by atoms with E-state index < -0.39 is 0 Å². The van der Waals surface area contributed by atoms with Crippen LogP contribution in [0.4, 0.5) is 0 Å². The second kappa shape index (κ2) is 11.6. The van der Waals surface area contributed by atoms with Gasteiger partial charge in [0.25, 0.3) is 5.91 Å². The Morgan fingerprint density at radius 2 is 1.93 bits per heavy atom. The number of nitrogens with zero attached hydrogens (tertiary/aromatic N) is 3. The van der Waals surface area contributed by atoms with Crippen LogP contribution in [0.15, 0.2) is 71.5 Å². The number of pyridine rings is 1. The summed E-state index contributed by atoms with van der Waals surface area (Å²) in [7, 11) is 1.56. The molecule has 2 aromatic heterocycles. The molecule has 0 bridgehead atoms. The van der Waals surface area contributed by atoms with E-state index in [1.54, 1.807) is 30.3 Å². The summed E-state index contributed by atoms with van der Waals surface area (Å²) in [5.74, 6) is 2.06. The van der Waals surface area contributed by atoms with E-state index >= 15 is 0 Å². The van der Waals surface area contributed by atoms with E-state index in [0.29, 0.717) is 77.2 Å². The van der Waals surface area contributed by atoms with Crippen LogP contribution in [0.5, 0.6) is 11.5 Å². The first-order chi connectivity index (χ1) is 20.4. The highest BCUT2D eigenvalue weighted by molar-refractivity contribution is 5.97. The summed E-state index contributed by atoms with van der Waals surface area (Å²) in [4.78, 5) is 19.6. The van der Waals surface area contributed by atoms with Crippen molar-refractivity contribution in [1.29, 1.82) is 5.26 Å². The number of hydrogen-bond donors (Lipinski definition) is 0. The fourth-order valence-corrected chi connectivity index (χ4v) is 5.34. The normalized spacial score (nSPS) is 17.5. The molecule has 1 atom stereocenters. The molecule has 42 heavy (non-hydrogen) atoms. The topological polar surface area (TPSA) is 107 Å². The number of carbonyl (C=O) groups excluding carboxylic acids is 1. The minimum Gasteiger partial charge on any atom is -0.496 e. The third-order valence-corrected chi connectivity index (χ3v) is 7.67. The molecule has 1 amide bonds. The third-order valence-electron chi connectivity index (χ3n) is 7.67. The van der Waals surface area contributed by atoms with Gasteiger partial charge in [-0.2, -0.15) is 5.26 Å². The Morgan fingerprint density at radius 3 is 2.71 bits per heavy atom. The summed E-state index contributed by atoms with van der Waals surface area (Å²) in [6.45, 7) is 7.89. The Kier molecular flexibility index (Phi) is 7.55. The molecule has 2 saturated heterocycles. The van der Waals surface area contributed by atoms with Crippen molar-refractivity contribution < 1.29 is 28.2 Å². The maximum absolute atomic E-state index is 13.3. The predicted octanol–water partition coefficient (Wildman–Crippen LogP) is 5.97. The first-order valence-electron chi connectivity index (χ1n) is 13.9. The van der Waals surface area contributed by atoms with Crippen LogP contribution in [0.2, 0.25) is 0 Å². The summed E-state index contributed by atoms with van der Waals surface area (Å²) < 4.78 is 29.1. The molecule has 6 rings (SSSR count). The quantitative estimate of drug-likeness (QED) is 0.281. The van der Waals surface area contributed by atoms with E-state index in [-0.39, 0.29) is 18.1 Å². The summed E-state index contributed by atoms with van der Waals surface area (Å²) in [6, 6.07) is 16.8. The molecule has 214 valence electrons. The Balaban J connectivity index is 1.31. The number of morpholine rings is 1. The highest BCUT2D eigenvalue weighted by Gasteiger charge is 2.28. The molecule has 4 aromatic rings. The number of rotatable bonds is 6. The number of methoxy groups -OCH3 is 1. The third kappa shape index (κ3) is 5.29. The van der Waals surface area contributed by atoms with Gasteiger partial charge in [-0.25, -0.2) is 0 Å². The van der Waals surface area contributed by atoms with Gasteiger partial charge in [-0.3, -0.25) is 9.78 Å². The first-order valence-corrected chi connectivity index (χ1v) is 13.9. The number of hydrogen-bond acceptors (Lipinski definition) is 8. The van der Waals surface area contributed by atoms with Crippen molar-refractivity contribution >= 4 is 17.0 Å². The van der Waals surface area contributed by atoms with Gasteiger partial charge < -0.3 is 28.3 Å². The van der Waals surface area contributed by atoms with E-state index in [1.165, 1.54) is 0 Å². The van der Waals surface area contributed by atoms with Gasteiger partial charge in [0.15, 0.2) is 5.58 Å². The van der Waals surface area contributed by atoms with Crippen LogP contribution in [0.3, 0.4) is 0 Å². The molecule has 2 aliphatic heterocycles. The van der Waals surface area contributed by atoms with Crippen molar-refractivity contribution in [2.45, 2.75) is 31.9 Å². The van der Waals surface area contributed by atoms with Gasteiger partial charge in [0.1, 0.15) is 47.3 Å². The molecule has 9 nitrogen and oxygen atoms in total. The molecule has 0 spiro atoms. The SMILES string of the molecule is C=C1CN(C(=O)c2ccc(-c3cc4nccc(-c5ccc(OC6CCOCC6)c(C#N)c5)c4o3)c(OC)c2)C(C)CO1. The number of aromatic nitrogens is 1. The molecular formula is C33H31N3O6. The van der Waals surface area contributed by atoms with E-state index in [9.17, 15) is 10.1 Å². The Labute approximate surface area is 243 Å². The minimum absolute atomic E-state index is 0.0327. The summed E-state index contributed by atoms with van der Waals surface area (Å²) in [5.41, 5.74) is 4.50. The molecule has 0 N–H and O–H groups in total. The number of carbonyl (C=O) groups is 1. The van der Waals surface area contributed by atoms with Crippen LogP contribution in [-0.2, 0) is 9.47 Å². The number of nitriles is 1. The molecule has 9 heteroatoms. The van der Waals surface area contributed by atoms with Crippen LogP contribution >= 0.6 is 0 Å². The van der Waals surface area contributed by atoms with Gasteiger partial charge in [-0.15, -0.1) is 0 Å². The molecule has 1 unspecified atom stereocenters. The van der Waals surface area contributed by atoms with E-state index in [0.717, 1.165) is 24.0 Å². The van der Waals surface area contributed by atoms with E-state index in [2.05, 4.69) is 17.6 Å². The molecule has 0 aliphatic carbocycles. The number of fused-ring (bicyclic) bond motifs is 1. The summed E-state index contributed by atoms with van der Waals surface area (Å²) >= 11 is 0. The van der Waals surface area contributed by atoms with Gasteiger partial charge in [-0.1, -0.05) is 12.6 Å². The lowest BCUT2D eigenvalue weighted by molar-refractivity contribution is 0.0254. The highest BCUT2D eigenvalue weighted by Crippen LogP contribution is 2.39. The molecular weight excluding hydrogens is 534 g/mol. The second-order valence-electron chi connectivity index (χ2n) is 10.5. The number of benzene rings is 2. The van der Waals surface area contributed by atoms with E-state index in [1.807, 2.05) is 43.3 Å². The maximum atomic E-state index is 13.3. The lowest BCUT2D eigenvalue weighted by atomic mass is 10.0. The Morgan fingerprint density at radius 1 is 1.10 bits per heavy atom. The van der Waals surface area contributed by atoms with Crippen molar-refractivity contribution in [3.05, 3.63) is 78.2 Å². The monoisotopic (exact) mass is 565 g/mol. The lowest BCUT2D eigenvalue weighted by Crippen LogP contribution is -2.46. The number of ether oxygens (including phenoxy) is 4. The van der Waals surface area contributed by atoms with Gasteiger partial charge in [0.05, 0.1) is 44.0 Å². The Hall–Kier alpha value is -4.81. The molecule has 0 saturated carbocycles. The zero-order valence-electron chi connectivity index (χ0n) is 23.6. The molecule has 4 heterocycles. The summed E-state index contributed by atoms with van der Waals surface area (Å²) in [6.07, 6.45) is 3.34. The number of amides is 1. The van der Waals surface area contributed by atoms with Crippen molar-refractivity contribution in [3.63, 3.8) is 0 Å². The Bertz CT molecular complexity index is 1700. The summed E-state index contributed by atoms with van der Waals surface area (Å²) in [5, 5.41) is 9.87. The largest absolute Gasteiger partial charge is 0.496 e. The molecule has 2 fully saturated rings. The van der Waals surface area contributed by atoms with Crippen LogP contribution in [0.1, 0.15) is 35.7 Å². The molecule has 0 radical (unpaired) electrons. The predicted molar refractivity (Wildman–Crippen MR) is 156 cm³/mol. The molecule has 2 aromatic carbocycles. The fourth-order valence-electron chi connectivity index (χ4n) is 5.34. The fraction of sp³-hybridized carbons (Fsp3) is 0.303. The van der Waals surface area contributed by atoms with Gasteiger partial charge in [0.2, 0.25) is 0 Å². The molecule has 2 aliphatic rings. The second-order valence-corrected chi connectivity index (χ2v) is 10.5. The standard InChI is InChI=1S/C33H31N3O6/c1-20-19-40-21(2)18-36(20)33(37)23-4-6-27(30(15-23)38-3)31-16-28-32(42-31)26(8-11-35-28)22-5-7-29(24(14-22)17-34)41-25-9-12-39-13-10-25/h4-8,11,14-16,20,25H,2,9-10,12-13,18-19H2,1,3H3. The smallest absolute Gasteiger partial charge is 0.254 e. The van der Waals surface area contributed by atoms with E-state index in [4.69, 9.17) is 23.4 Å². The maximum Gasteiger partial charge on any atom is 0.254 e. The van der Waals surface area contributed by atoms with Crippen molar-refractivity contribution in [2.75, 3.05) is 33.5 Å². The highest BCUT2D eigenvalue weighted by atomic mass is 16.5.